The number of aliphatic hydroxyl groups is 1. The lowest BCUT2D eigenvalue weighted by Gasteiger charge is -2.39. The van der Waals surface area contributed by atoms with Crippen LogP contribution >= 0.6 is 0 Å². The third kappa shape index (κ3) is 9.01. The second kappa shape index (κ2) is 15.7. The maximum absolute atomic E-state index is 13.4. The minimum atomic E-state index is -1.07. The van der Waals surface area contributed by atoms with Crippen molar-refractivity contribution in [1.29, 1.82) is 0 Å². The molecule has 0 saturated carbocycles. The van der Waals surface area contributed by atoms with Gasteiger partial charge in [-0.3, -0.25) is 19.3 Å². The fraction of sp³-hybridized carbons (Fsp3) is 0.436. The maximum Gasteiger partial charge on any atom is 0.408 e. The summed E-state index contributed by atoms with van der Waals surface area (Å²) >= 11 is 0. The average molecular weight is 700 g/mol. The Morgan fingerprint density at radius 3 is 2.43 bits per heavy atom. The number of hydrogen-bond acceptors (Lipinski definition) is 10. The van der Waals surface area contributed by atoms with E-state index in [4.69, 9.17) is 18.9 Å². The lowest BCUT2D eigenvalue weighted by molar-refractivity contribution is -0.253. The van der Waals surface area contributed by atoms with Gasteiger partial charge in [0.1, 0.15) is 24.3 Å². The molecule has 6 rings (SSSR count). The molecular formula is C39H45N3O9. The van der Waals surface area contributed by atoms with Gasteiger partial charge in [-0.25, -0.2) is 9.69 Å². The number of aliphatic hydroxyl groups excluding tert-OH is 1. The Bertz CT molecular complexity index is 1710. The Labute approximate surface area is 297 Å². The SMILES string of the molecule is CC(C)(C)OC(=O)C1CCCN1CC1CC(c2ccc(CO)cc2)OC(c2cccc(N3C(=O)CC(NC(=O)OCc4ccccc4)C3=O)c2)O1. The Kier molecular flexibility index (Phi) is 11.2. The van der Waals surface area contributed by atoms with Gasteiger partial charge < -0.3 is 29.4 Å². The number of likely N-dealkylation sites (tertiary alicyclic amines) is 1. The Balaban J connectivity index is 1.18. The van der Waals surface area contributed by atoms with Crippen molar-refractivity contribution in [2.75, 3.05) is 18.0 Å². The van der Waals surface area contributed by atoms with Gasteiger partial charge in [0, 0.05) is 18.5 Å². The number of anilines is 1. The van der Waals surface area contributed by atoms with E-state index in [0.29, 0.717) is 30.6 Å². The molecule has 2 N–H and O–H groups in total. The lowest BCUT2D eigenvalue weighted by Crippen LogP contribution is -2.45. The quantitative estimate of drug-likeness (QED) is 0.217. The first-order valence-corrected chi connectivity index (χ1v) is 17.4. The summed E-state index contributed by atoms with van der Waals surface area (Å²) in [6.07, 6.45) is -0.478. The molecule has 12 nitrogen and oxygen atoms in total. The van der Waals surface area contributed by atoms with Crippen molar-refractivity contribution in [3.8, 4) is 0 Å². The summed E-state index contributed by atoms with van der Waals surface area (Å²) in [6.45, 7) is 6.74. The third-order valence-corrected chi connectivity index (χ3v) is 9.15. The molecule has 3 amide bonds. The van der Waals surface area contributed by atoms with E-state index in [2.05, 4.69) is 10.2 Å². The highest BCUT2D eigenvalue weighted by molar-refractivity contribution is 6.22. The zero-order valence-corrected chi connectivity index (χ0v) is 29.2. The fourth-order valence-electron chi connectivity index (χ4n) is 6.71. The first-order valence-electron chi connectivity index (χ1n) is 17.4. The minimum Gasteiger partial charge on any atom is -0.459 e. The molecule has 3 aliphatic heterocycles. The molecule has 0 aliphatic carbocycles. The van der Waals surface area contributed by atoms with Gasteiger partial charge in [-0.15, -0.1) is 0 Å². The van der Waals surface area contributed by atoms with Crippen molar-refractivity contribution in [2.45, 2.75) is 95.9 Å². The van der Waals surface area contributed by atoms with E-state index in [1.807, 2.05) is 81.4 Å². The van der Waals surface area contributed by atoms with E-state index < -0.39 is 35.8 Å². The van der Waals surface area contributed by atoms with E-state index in [-0.39, 0.29) is 43.9 Å². The first-order chi connectivity index (χ1) is 24.5. The van der Waals surface area contributed by atoms with E-state index >= 15 is 0 Å². The zero-order chi connectivity index (χ0) is 36.1. The van der Waals surface area contributed by atoms with Gasteiger partial charge in [0.25, 0.3) is 5.91 Å². The third-order valence-electron chi connectivity index (χ3n) is 9.15. The second-order valence-electron chi connectivity index (χ2n) is 14.2. The Hall–Kier alpha value is -4.62. The molecule has 3 fully saturated rings. The predicted octanol–water partition coefficient (Wildman–Crippen LogP) is 5.09. The van der Waals surface area contributed by atoms with E-state index in [9.17, 15) is 24.3 Å². The monoisotopic (exact) mass is 699 g/mol. The molecule has 3 aliphatic rings. The van der Waals surface area contributed by atoms with Crippen LogP contribution in [0.3, 0.4) is 0 Å². The van der Waals surface area contributed by atoms with Crippen LogP contribution in [0.1, 0.15) is 81.1 Å². The lowest BCUT2D eigenvalue weighted by atomic mass is 9.99. The molecule has 3 saturated heterocycles. The number of imide groups is 1. The number of hydrogen-bond donors (Lipinski definition) is 2. The predicted molar refractivity (Wildman–Crippen MR) is 186 cm³/mol. The zero-order valence-electron chi connectivity index (χ0n) is 29.2. The number of amides is 3. The van der Waals surface area contributed by atoms with Gasteiger partial charge in [-0.1, -0.05) is 66.7 Å². The van der Waals surface area contributed by atoms with Crippen LogP contribution in [0.25, 0.3) is 0 Å². The number of ether oxygens (including phenoxy) is 4. The Morgan fingerprint density at radius 2 is 1.71 bits per heavy atom. The number of carbonyl (C=O) groups excluding carboxylic acids is 4. The average Bonchev–Trinajstić information content (AvgIpc) is 3.69. The number of carbonyl (C=O) groups is 4. The van der Waals surface area contributed by atoms with Crippen molar-refractivity contribution in [1.82, 2.24) is 10.2 Å². The number of esters is 1. The van der Waals surface area contributed by atoms with Crippen LogP contribution in [0.5, 0.6) is 0 Å². The molecule has 3 heterocycles. The van der Waals surface area contributed by atoms with E-state index in [1.54, 1.807) is 18.2 Å². The van der Waals surface area contributed by atoms with Crippen LogP contribution in [0.4, 0.5) is 10.5 Å². The van der Waals surface area contributed by atoms with Crippen molar-refractivity contribution < 1.29 is 43.2 Å². The van der Waals surface area contributed by atoms with Crippen LogP contribution in [-0.4, -0.2) is 70.8 Å². The highest BCUT2D eigenvalue weighted by atomic mass is 16.7. The normalized spacial score (nSPS) is 24.1. The van der Waals surface area contributed by atoms with Crippen molar-refractivity contribution in [2.24, 2.45) is 0 Å². The molecular weight excluding hydrogens is 654 g/mol. The molecule has 3 aromatic rings. The Morgan fingerprint density at radius 1 is 0.941 bits per heavy atom. The molecule has 0 aromatic heterocycles. The van der Waals surface area contributed by atoms with Gasteiger partial charge >= 0.3 is 12.1 Å². The number of nitrogens with zero attached hydrogens (tertiary/aromatic N) is 2. The van der Waals surface area contributed by atoms with Crippen LogP contribution in [0.2, 0.25) is 0 Å². The van der Waals surface area contributed by atoms with Crippen molar-refractivity contribution in [3.05, 3.63) is 101 Å². The van der Waals surface area contributed by atoms with E-state index in [1.165, 1.54) is 0 Å². The molecule has 5 unspecified atom stereocenters. The molecule has 5 atom stereocenters. The molecule has 3 aromatic carbocycles. The molecule has 0 radical (unpaired) electrons. The summed E-state index contributed by atoms with van der Waals surface area (Å²) in [6, 6.07) is 22.1. The van der Waals surface area contributed by atoms with Crippen molar-refractivity contribution in [3.63, 3.8) is 0 Å². The summed E-state index contributed by atoms with van der Waals surface area (Å²) in [5.41, 5.74) is 2.81. The largest absolute Gasteiger partial charge is 0.459 e. The van der Waals surface area contributed by atoms with Gasteiger partial charge in [0.15, 0.2) is 6.29 Å². The molecule has 0 bridgehead atoms. The summed E-state index contributed by atoms with van der Waals surface area (Å²) in [7, 11) is 0. The number of alkyl carbamates (subject to hydrolysis) is 1. The smallest absolute Gasteiger partial charge is 0.408 e. The van der Waals surface area contributed by atoms with Crippen LogP contribution < -0.4 is 10.2 Å². The van der Waals surface area contributed by atoms with E-state index in [0.717, 1.165) is 34.6 Å². The van der Waals surface area contributed by atoms with Crippen LogP contribution in [0, 0.1) is 0 Å². The van der Waals surface area contributed by atoms with Crippen LogP contribution in [0.15, 0.2) is 78.9 Å². The summed E-state index contributed by atoms with van der Waals surface area (Å²) in [5, 5.41) is 12.1. The number of benzene rings is 3. The minimum absolute atomic E-state index is 0.0294. The van der Waals surface area contributed by atoms with Crippen molar-refractivity contribution >= 4 is 29.6 Å². The van der Waals surface area contributed by atoms with Gasteiger partial charge in [0.05, 0.1) is 30.9 Å². The first kappa shape index (κ1) is 36.2. The molecule has 0 spiro atoms. The number of nitrogens with one attached hydrogen (secondary N) is 1. The maximum atomic E-state index is 13.4. The molecule has 51 heavy (non-hydrogen) atoms. The molecule has 12 heteroatoms. The second-order valence-corrected chi connectivity index (χ2v) is 14.2. The topological polar surface area (TPSA) is 144 Å². The van der Waals surface area contributed by atoms with Crippen LogP contribution in [-0.2, 0) is 46.5 Å². The van der Waals surface area contributed by atoms with Gasteiger partial charge in [0.2, 0.25) is 5.91 Å². The summed E-state index contributed by atoms with van der Waals surface area (Å²) < 4.78 is 24.1. The number of rotatable bonds is 10. The van der Waals surface area contributed by atoms with Gasteiger partial charge in [-0.05, 0) is 69.0 Å². The summed E-state index contributed by atoms with van der Waals surface area (Å²) in [4.78, 5) is 55.3. The highest BCUT2D eigenvalue weighted by Gasteiger charge is 2.42. The standard InChI is InChI=1S/C39H45N3O9/c1-39(2,3)51-36(46)32-13-8-18-41(32)22-30-20-33(27-16-14-25(23-43)15-17-27)50-37(49-30)28-11-7-12-29(19-28)42-34(44)21-31(35(42)45)40-38(47)48-24-26-9-5-4-6-10-26/h4-7,9-12,14-17,19,30-33,37,43H,8,13,18,20-24H2,1-3H3,(H,40,47). The molecule has 270 valence electrons. The van der Waals surface area contributed by atoms with Gasteiger partial charge in [-0.2, -0.15) is 0 Å². The fourth-order valence-corrected chi connectivity index (χ4v) is 6.71. The summed E-state index contributed by atoms with van der Waals surface area (Å²) in [5.74, 6) is -1.27. The highest BCUT2D eigenvalue weighted by Crippen LogP contribution is 2.40.